The Morgan fingerprint density at radius 2 is 2.20 bits per heavy atom. The van der Waals surface area contributed by atoms with Crippen molar-refractivity contribution in [3.63, 3.8) is 0 Å². The Morgan fingerprint density at radius 3 is 2.80 bits per heavy atom. The topological polar surface area (TPSA) is 72.0 Å². The molecule has 1 saturated carbocycles. The van der Waals surface area contributed by atoms with Crippen LogP contribution in [0.15, 0.2) is 18.5 Å². The van der Waals surface area contributed by atoms with Crippen molar-refractivity contribution in [1.29, 1.82) is 0 Å². The second kappa shape index (κ2) is 6.63. The van der Waals surface area contributed by atoms with Gasteiger partial charge < -0.3 is 5.32 Å². The van der Waals surface area contributed by atoms with Crippen molar-refractivity contribution in [2.24, 2.45) is 5.92 Å². The van der Waals surface area contributed by atoms with Crippen LogP contribution in [0.2, 0.25) is 0 Å². The van der Waals surface area contributed by atoms with E-state index in [-0.39, 0.29) is 11.3 Å². The fraction of sp³-hybridized carbons (Fsp3) is 0.714. The lowest BCUT2D eigenvalue weighted by Crippen LogP contribution is -2.35. The molecule has 1 N–H and O–H groups in total. The van der Waals surface area contributed by atoms with Crippen LogP contribution in [-0.2, 0) is 9.84 Å². The first-order chi connectivity index (χ1) is 9.52. The molecule has 1 fully saturated rings. The molecule has 5 nitrogen and oxygen atoms in total. The number of hydrogen-bond donors (Lipinski definition) is 1. The first kappa shape index (κ1) is 15.4. The largest absolute Gasteiger partial charge is 0.310 e. The van der Waals surface area contributed by atoms with Crippen LogP contribution >= 0.6 is 0 Å². The summed E-state index contributed by atoms with van der Waals surface area (Å²) in [6.07, 6.45) is 8.39. The molecule has 0 aliphatic heterocycles. The van der Waals surface area contributed by atoms with Gasteiger partial charge >= 0.3 is 0 Å². The van der Waals surface area contributed by atoms with Crippen molar-refractivity contribution < 1.29 is 8.42 Å². The number of nitrogens with one attached hydrogen (secondary N) is 1. The molecule has 0 radical (unpaired) electrons. The van der Waals surface area contributed by atoms with Gasteiger partial charge in [-0.25, -0.2) is 8.42 Å². The minimum Gasteiger partial charge on any atom is -0.310 e. The maximum Gasteiger partial charge on any atom is 0.150 e. The predicted octanol–water partition coefficient (Wildman–Crippen LogP) is 1.73. The first-order valence-corrected chi connectivity index (χ1v) is 9.16. The van der Waals surface area contributed by atoms with Gasteiger partial charge in [0.1, 0.15) is 9.84 Å². The van der Waals surface area contributed by atoms with Crippen LogP contribution in [0.3, 0.4) is 0 Å². The molecule has 2 rings (SSSR count). The molecular formula is C14H23N3O2S. The van der Waals surface area contributed by atoms with Crippen molar-refractivity contribution in [2.75, 3.05) is 12.8 Å². The van der Waals surface area contributed by atoms with E-state index in [2.05, 4.69) is 22.4 Å². The molecule has 0 bridgehead atoms. The predicted molar refractivity (Wildman–Crippen MR) is 79.0 cm³/mol. The van der Waals surface area contributed by atoms with Gasteiger partial charge in [0.2, 0.25) is 0 Å². The lowest BCUT2D eigenvalue weighted by molar-refractivity contribution is 0.275. The average molecular weight is 297 g/mol. The van der Waals surface area contributed by atoms with Crippen molar-refractivity contribution in [1.82, 2.24) is 15.5 Å². The molecule has 6 heteroatoms. The van der Waals surface area contributed by atoms with E-state index in [9.17, 15) is 8.42 Å². The van der Waals surface area contributed by atoms with Crippen LogP contribution in [0.1, 0.15) is 44.2 Å². The highest BCUT2D eigenvalue weighted by Gasteiger charge is 2.33. The third-order valence-electron chi connectivity index (χ3n) is 4.13. The van der Waals surface area contributed by atoms with Gasteiger partial charge in [-0.3, -0.25) is 0 Å². The highest BCUT2D eigenvalue weighted by Crippen LogP contribution is 2.36. The van der Waals surface area contributed by atoms with Crippen LogP contribution < -0.4 is 5.32 Å². The number of aromatic nitrogens is 2. The number of nitrogens with zero attached hydrogens (tertiary/aromatic N) is 2. The monoisotopic (exact) mass is 297 g/mol. The summed E-state index contributed by atoms with van der Waals surface area (Å²) >= 11 is 0. The highest BCUT2D eigenvalue weighted by molar-refractivity contribution is 7.91. The third kappa shape index (κ3) is 3.76. The summed E-state index contributed by atoms with van der Waals surface area (Å²) in [7, 11) is -2.95. The molecule has 3 atom stereocenters. The maximum absolute atomic E-state index is 11.8. The van der Waals surface area contributed by atoms with Crippen LogP contribution in [0.4, 0.5) is 0 Å². The molecule has 0 spiro atoms. The van der Waals surface area contributed by atoms with Crippen molar-refractivity contribution in [2.45, 2.75) is 43.9 Å². The van der Waals surface area contributed by atoms with Gasteiger partial charge in [0.15, 0.2) is 0 Å². The normalized spacial score (nSPS) is 25.3. The zero-order valence-electron chi connectivity index (χ0n) is 12.1. The summed E-state index contributed by atoms with van der Waals surface area (Å²) in [5.41, 5.74) is 1.10. The second-order valence-electron chi connectivity index (χ2n) is 5.59. The Balaban J connectivity index is 2.17. The van der Waals surface area contributed by atoms with Gasteiger partial charge in [-0.05, 0) is 43.4 Å². The Labute approximate surface area is 121 Å². The fourth-order valence-electron chi connectivity index (χ4n) is 3.13. The van der Waals surface area contributed by atoms with Crippen LogP contribution in [0.25, 0.3) is 0 Å². The van der Waals surface area contributed by atoms with Gasteiger partial charge in [0, 0.05) is 18.5 Å². The molecule has 1 aromatic heterocycles. The van der Waals surface area contributed by atoms with E-state index in [4.69, 9.17) is 0 Å². The SMILES string of the molecule is CCNC(c1ccnnc1)C1CCCC(S(C)(=O)=O)C1. The molecular weight excluding hydrogens is 274 g/mol. The minimum atomic E-state index is -2.95. The molecule has 112 valence electrons. The van der Waals surface area contributed by atoms with Gasteiger partial charge in [0.25, 0.3) is 0 Å². The van der Waals surface area contributed by atoms with Crippen LogP contribution in [-0.4, -0.2) is 36.7 Å². The Hall–Kier alpha value is -1.01. The van der Waals surface area contributed by atoms with Gasteiger partial charge in [0.05, 0.1) is 11.4 Å². The smallest absolute Gasteiger partial charge is 0.150 e. The summed E-state index contributed by atoms with van der Waals surface area (Å²) in [4.78, 5) is 0. The van der Waals surface area contributed by atoms with Crippen molar-refractivity contribution in [3.8, 4) is 0 Å². The summed E-state index contributed by atoms with van der Waals surface area (Å²) in [5, 5.41) is 11.0. The Kier molecular flexibility index (Phi) is 5.10. The second-order valence-corrected chi connectivity index (χ2v) is 7.92. The molecule has 1 aliphatic rings. The summed E-state index contributed by atoms with van der Waals surface area (Å²) < 4.78 is 23.6. The molecule has 3 unspecified atom stereocenters. The van der Waals surface area contributed by atoms with Gasteiger partial charge in [-0.1, -0.05) is 13.3 Å². The molecule has 1 heterocycles. The van der Waals surface area contributed by atoms with Crippen LogP contribution in [0.5, 0.6) is 0 Å². The lowest BCUT2D eigenvalue weighted by Gasteiger charge is -2.34. The maximum atomic E-state index is 11.8. The molecule has 1 aliphatic carbocycles. The molecule has 0 saturated heterocycles. The summed E-state index contributed by atoms with van der Waals surface area (Å²) in [6.45, 7) is 2.92. The van der Waals surface area contributed by atoms with E-state index in [0.29, 0.717) is 5.92 Å². The average Bonchev–Trinajstić information content (AvgIpc) is 2.45. The van der Waals surface area contributed by atoms with E-state index in [1.165, 1.54) is 6.26 Å². The minimum absolute atomic E-state index is 0.167. The first-order valence-electron chi connectivity index (χ1n) is 7.21. The number of hydrogen-bond acceptors (Lipinski definition) is 5. The van der Waals surface area contributed by atoms with E-state index in [1.54, 1.807) is 12.4 Å². The van der Waals surface area contributed by atoms with Crippen LogP contribution in [0, 0.1) is 5.92 Å². The quantitative estimate of drug-likeness (QED) is 0.896. The van der Waals surface area contributed by atoms with Crippen molar-refractivity contribution >= 4 is 9.84 Å². The van der Waals surface area contributed by atoms with E-state index < -0.39 is 9.84 Å². The number of rotatable bonds is 5. The van der Waals surface area contributed by atoms with E-state index >= 15 is 0 Å². The zero-order chi connectivity index (χ0) is 14.6. The lowest BCUT2D eigenvalue weighted by atomic mass is 9.81. The standard InChI is InChI=1S/C14H23N3O2S/c1-3-15-14(12-7-8-16-17-10-12)11-5-4-6-13(9-11)20(2,18)19/h7-8,10-11,13-15H,3-6,9H2,1-2H3. The fourth-order valence-corrected chi connectivity index (χ4v) is 4.33. The summed E-state index contributed by atoms with van der Waals surface area (Å²) in [6, 6.07) is 2.13. The van der Waals surface area contributed by atoms with E-state index in [1.807, 2.05) is 6.07 Å². The van der Waals surface area contributed by atoms with E-state index in [0.717, 1.165) is 37.8 Å². The highest BCUT2D eigenvalue weighted by atomic mass is 32.2. The number of sulfone groups is 1. The summed E-state index contributed by atoms with van der Waals surface area (Å²) in [5.74, 6) is 0.340. The molecule has 0 aromatic carbocycles. The Morgan fingerprint density at radius 1 is 1.40 bits per heavy atom. The van der Waals surface area contributed by atoms with Gasteiger partial charge in [-0.2, -0.15) is 10.2 Å². The van der Waals surface area contributed by atoms with Gasteiger partial charge in [-0.15, -0.1) is 0 Å². The third-order valence-corrected chi connectivity index (χ3v) is 5.77. The molecule has 0 amide bonds. The molecule has 1 aromatic rings. The zero-order valence-corrected chi connectivity index (χ0v) is 12.9. The van der Waals surface area contributed by atoms with Crippen molar-refractivity contribution in [3.05, 3.63) is 24.0 Å². The molecule has 20 heavy (non-hydrogen) atoms. The Bertz CT molecular complexity index is 518.